The van der Waals surface area contributed by atoms with E-state index in [0.717, 1.165) is 11.1 Å². The molecule has 4 aromatic rings. The molecule has 198 valence electrons. The van der Waals surface area contributed by atoms with E-state index in [4.69, 9.17) is 14.2 Å². The van der Waals surface area contributed by atoms with Crippen molar-refractivity contribution in [3.63, 3.8) is 0 Å². The molecule has 0 spiro atoms. The number of pyridine rings is 1. The topological polar surface area (TPSA) is 98.8 Å². The van der Waals surface area contributed by atoms with E-state index in [2.05, 4.69) is 15.6 Å². The van der Waals surface area contributed by atoms with Gasteiger partial charge in [0.1, 0.15) is 23.6 Å². The molecule has 8 nitrogen and oxygen atoms in total. The number of amides is 1. The standard InChI is InChI=1S/C22H22N2O5.C7H8FN/c1-22(2,13-25)21(26)24-14-5-7-15(8-6-14)29-18-9-10-23-17-12-20(28-4)19(27-3)11-16(17)18;1-9-7-4-2-6(8)3-5-7/h5-13H,1-4H3,(H,24,26);2-5,9H,1H3. The summed E-state index contributed by atoms with van der Waals surface area (Å²) in [5, 5.41) is 6.38. The van der Waals surface area contributed by atoms with Crippen LogP contribution in [0.25, 0.3) is 10.9 Å². The molecule has 0 bridgehead atoms. The van der Waals surface area contributed by atoms with Crippen molar-refractivity contribution < 1.29 is 28.2 Å². The number of halogens is 1. The first-order valence-electron chi connectivity index (χ1n) is 11.7. The first-order valence-corrected chi connectivity index (χ1v) is 11.7. The largest absolute Gasteiger partial charge is 0.493 e. The molecule has 3 aromatic carbocycles. The number of rotatable bonds is 8. The zero-order valence-electron chi connectivity index (χ0n) is 21.9. The molecule has 38 heavy (non-hydrogen) atoms. The second kappa shape index (κ2) is 12.5. The van der Waals surface area contributed by atoms with Gasteiger partial charge < -0.3 is 29.6 Å². The zero-order chi connectivity index (χ0) is 27.7. The molecule has 0 unspecified atom stereocenters. The number of aldehydes is 1. The van der Waals surface area contributed by atoms with Gasteiger partial charge in [0.25, 0.3) is 0 Å². The molecule has 0 saturated heterocycles. The molecule has 1 aromatic heterocycles. The fraction of sp³-hybridized carbons (Fsp3) is 0.207. The molecule has 0 radical (unpaired) electrons. The number of anilines is 2. The summed E-state index contributed by atoms with van der Waals surface area (Å²) in [7, 11) is 4.94. The Morgan fingerprint density at radius 3 is 2.08 bits per heavy atom. The van der Waals surface area contributed by atoms with Crippen LogP contribution in [0.5, 0.6) is 23.0 Å². The highest BCUT2D eigenvalue weighted by Gasteiger charge is 2.26. The molecule has 0 atom stereocenters. The monoisotopic (exact) mass is 519 g/mol. The summed E-state index contributed by atoms with van der Waals surface area (Å²) < 4.78 is 28.9. The van der Waals surface area contributed by atoms with Crippen LogP contribution in [0.15, 0.2) is 72.9 Å². The van der Waals surface area contributed by atoms with Crippen LogP contribution in [0.4, 0.5) is 15.8 Å². The third-order valence-corrected chi connectivity index (χ3v) is 5.56. The van der Waals surface area contributed by atoms with Crippen molar-refractivity contribution in [2.24, 2.45) is 5.41 Å². The van der Waals surface area contributed by atoms with Crippen LogP contribution in [0.1, 0.15) is 13.8 Å². The molecule has 0 fully saturated rings. The number of methoxy groups -OCH3 is 2. The lowest BCUT2D eigenvalue weighted by molar-refractivity contribution is -0.130. The smallest absolute Gasteiger partial charge is 0.237 e. The van der Waals surface area contributed by atoms with Crippen molar-refractivity contribution in [2.45, 2.75) is 13.8 Å². The highest BCUT2D eigenvalue weighted by atomic mass is 19.1. The minimum atomic E-state index is -1.09. The van der Waals surface area contributed by atoms with Gasteiger partial charge in [0.2, 0.25) is 5.91 Å². The lowest BCUT2D eigenvalue weighted by Crippen LogP contribution is -2.31. The lowest BCUT2D eigenvalue weighted by atomic mass is 9.94. The maximum Gasteiger partial charge on any atom is 0.237 e. The molecule has 4 rings (SSSR count). The average Bonchev–Trinajstić information content (AvgIpc) is 2.94. The number of ether oxygens (including phenoxy) is 3. The van der Waals surface area contributed by atoms with E-state index in [0.29, 0.717) is 40.5 Å². The second-order valence-electron chi connectivity index (χ2n) is 8.71. The van der Waals surface area contributed by atoms with Gasteiger partial charge in [0.05, 0.1) is 25.2 Å². The fourth-order valence-corrected chi connectivity index (χ4v) is 3.23. The van der Waals surface area contributed by atoms with Gasteiger partial charge in [-0.05, 0) is 74.5 Å². The van der Waals surface area contributed by atoms with Crippen molar-refractivity contribution in [3.05, 3.63) is 78.7 Å². The number of hydrogen-bond donors (Lipinski definition) is 2. The van der Waals surface area contributed by atoms with Crippen molar-refractivity contribution in [2.75, 3.05) is 31.9 Å². The van der Waals surface area contributed by atoms with Gasteiger partial charge in [-0.15, -0.1) is 0 Å². The Bertz CT molecular complexity index is 1390. The maximum atomic E-state index is 12.2. The van der Waals surface area contributed by atoms with Crippen molar-refractivity contribution in [1.29, 1.82) is 0 Å². The highest BCUT2D eigenvalue weighted by Crippen LogP contribution is 2.37. The Labute approximate surface area is 220 Å². The third kappa shape index (κ3) is 6.97. The SMILES string of the molecule is CNc1ccc(F)cc1.COc1cc2nccc(Oc3ccc(NC(=O)C(C)(C)C=O)cc3)c2cc1OC. The molecule has 1 amide bonds. The lowest BCUT2D eigenvalue weighted by Gasteiger charge is -2.16. The summed E-state index contributed by atoms with van der Waals surface area (Å²) in [6.45, 7) is 3.12. The van der Waals surface area contributed by atoms with Crippen molar-refractivity contribution in [3.8, 4) is 23.0 Å². The van der Waals surface area contributed by atoms with Crippen LogP contribution >= 0.6 is 0 Å². The molecular weight excluding hydrogens is 489 g/mol. The van der Waals surface area contributed by atoms with Crippen LogP contribution in [0, 0.1) is 11.2 Å². The molecule has 9 heteroatoms. The average molecular weight is 520 g/mol. The third-order valence-electron chi connectivity index (χ3n) is 5.56. The number of fused-ring (bicyclic) bond motifs is 1. The molecule has 2 N–H and O–H groups in total. The van der Waals surface area contributed by atoms with E-state index < -0.39 is 5.41 Å². The van der Waals surface area contributed by atoms with Crippen LogP contribution in [0.2, 0.25) is 0 Å². The first kappa shape index (κ1) is 27.9. The van der Waals surface area contributed by atoms with Gasteiger partial charge in [0.15, 0.2) is 11.5 Å². The van der Waals surface area contributed by atoms with E-state index in [1.54, 1.807) is 89.8 Å². The molecule has 0 saturated carbocycles. The van der Waals surface area contributed by atoms with Crippen molar-refractivity contribution in [1.82, 2.24) is 4.98 Å². The van der Waals surface area contributed by atoms with Crippen molar-refractivity contribution >= 4 is 34.5 Å². The van der Waals surface area contributed by atoms with Gasteiger partial charge in [-0.1, -0.05) is 0 Å². The van der Waals surface area contributed by atoms with Crippen LogP contribution in [0.3, 0.4) is 0 Å². The fourth-order valence-electron chi connectivity index (χ4n) is 3.23. The summed E-state index contributed by atoms with van der Waals surface area (Å²) in [4.78, 5) is 27.5. The van der Waals surface area contributed by atoms with Gasteiger partial charge in [0, 0.05) is 36.1 Å². The predicted octanol–water partition coefficient (Wildman–Crippen LogP) is 6.08. The Balaban J connectivity index is 0.000000375. The summed E-state index contributed by atoms with van der Waals surface area (Å²) in [6.07, 6.45) is 2.28. The number of nitrogens with one attached hydrogen (secondary N) is 2. The van der Waals surface area contributed by atoms with E-state index >= 15 is 0 Å². The number of hydrogen-bond acceptors (Lipinski definition) is 7. The highest BCUT2D eigenvalue weighted by molar-refractivity contribution is 6.04. The Morgan fingerprint density at radius 1 is 0.895 bits per heavy atom. The van der Waals surface area contributed by atoms with Crippen LogP contribution < -0.4 is 24.8 Å². The quantitative estimate of drug-likeness (QED) is 0.215. The summed E-state index contributed by atoms with van der Waals surface area (Å²) in [5.74, 6) is 1.78. The molecule has 1 heterocycles. The Kier molecular flexibility index (Phi) is 9.21. The number of carbonyl (C=O) groups is 2. The number of carbonyl (C=O) groups excluding carboxylic acids is 2. The molecule has 0 aliphatic carbocycles. The number of nitrogens with zero attached hydrogens (tertiary/aromatic N) is 1. The zero-order valence-corrected chi connectivity index (χ0v) is 21.9. The van der Waals surface area contributed by atoms with Gasteiger partial charge in [-0.3, -0.25) is 9.78 Å². The predicted molar refractivity (Wildman–Crippen MR) is 146 cm³/mol. The normalized spacial score (nSPS) is 10.6. The number of aromatic nitrogens is 1. The van der Waals surface area contributed by atoms with Gasteiger partial charge in [-0.2, -0.15) is 0 Å². The first-order chi connectivity index (χ1) is 18.2. The Hall–Kier alpha value is -4.66. The second-order valence-corrected chi connectivity index (χ2v) is 8.71. The minimum absolute atomic E-state index is 0.200. The minimum Gasteiger partial charge on any atom is -0.493 e. The van der Waals surface area contributed by atoms with E-state index in [9.17, 15) is 14.0 Å². The van der Waals surface area contributed by atoms with E-state index in [1.807, 2.05) is 6.07 Å². The van der Waals surface area contributed by atoms with E-state index in [1.165, 1.54) is 12.1 Å². The maximum absolute atomic E-state index is 12.2. The van der Waals surface area contributed by atoms with Gasteiger partial charge >= 0.3 is 0 Å². The van der Waals surface area contributed by atoms with Gasteiger partial charge in [-0.25, -0.2) is 4.39 Å². The van der Waals surface area contributed by atoms with Crippen LogP contribution in [-0.4, -0.2) is 38.4 Å². The van der Waals surface area contributed by atoms with Crippen LogP contribution in [-0.2, 0) is 9.59 Å². The molecule has 0 aliphatic rings. The summed E-state index contributed by atoms with van der Waals surface area (Å²) >= 11 is 0. The van der Waals surface area contributed by atoms with E-state index in [-0.39, 0.29) is 11.7 Å². The Morgan fingerprint density at radius 2 is 1.50 bits per heavy atom. The number of benzene rings is 3. The molecular formula is C29H30FN3O5. The molecule has 0 aliphatic heterocycles. The summed E-state index contributed by atoms with van der Waals surface area (Å²) in [5.41, 5.74) is 1.12. The summed E-state index contributed by atoms with van der Waals surface area (Å²) in [6, 6.07) is 18.5.